The van der Waals surface area contributed by atoms with Crippen molar-refractivity contribution in [1.29, 1.82) is 0 Å². The van der Waals surface area contributed by atoms with Crippen LogP contribution in [0.15, 0.2) is 14.7 Å². The second-order valence-electron chi connectivity index (χ2n) is 4.65. The van der Waals surface area contributed by atoms with Crippen molar-refractivity contribution in [2.45, 2.75) is 10.9 Å². The summed E-state index contributed by atoms with van der Waals surface area (Å²) < 4.78 is 4.12. The lowest BCUT2D eigenvalue weighted by Gasteiger charge is -2.03. The Kier molecular flexibility index (Phi) is 3.53. The summed E-state index contributed by atoms with van der Waals surface area (Å²) in [5.74, 6) is 0.542. The molecule has 0 fully saturated rings. The Morgan fingerprint density at radius 2 is 1.86 bits per heavy atom. The average molecular weight is 339 g/mol. The fraction of sp³-hybridized carbons (Fsp3) is 0.364. The number of fused-ring (bicyclic) bond motifs is 1. The van der Waals surface area contributed by atoms with Crippen LogP contribution in [0.4, 0.5) is 5.13 Å². The maximum atomic E-state index is 12.3. The lowest BCUT2D eigenvalue weighted by molar-refractivity contribution is 0.705. The molecule has 3 aromatic heterocycles. The molecule has 11 heteroatoms. The Balaban J connectivity index is 2.07. The van der Waals surface area contributed by atoms with Gasteiger partial charge in [-0.25, -0.2) is 9.78 Å². The summed E-state index contributed by atoms with van der Waals surface area (Å²) in [5, 5.41) is 9.51. The molecule has 0 radical (unpaired) electrons. The topological polar surface area (TPSA) is 114 Å². The minimum absolute atomic E-state index is 0.361. The molecule has 3 heterocycles. The van der Waals surface area contributed by atoms with Crippen molar-refractivity contribution in [3.8, 4) is 0 Å². The van der Waals surface area contributed by atoms with E-state index in [1.54, 1.807) is 18.7 Å². The van der Waals surface area contributed by atoms with E-state index in [1.165, 1.54) is 34.7 Å². The van der Waals surface area contributed by atoms with Gasteiger partial charge in [0.1, 0.15) is 5.01 Å². The Morgan fingerprint density at radius 3 is 2.50 bits per heavy atom. The molecule has 0 aliphatic heterocycles. The molecule has 116 valence electrons. The highest BCUT2D eigenvalue weighted by atomic mass is 32.2. The summed E-state index contributed by atoms with van der Waals surface area (Å²) in [6, 6.07) is 0. The van der Waals surface area contributed by atoms with E-state index in [2.05, 4.69) is 15.2 Å². The molecule has 0 aliphatic rings. The van der Waals surface area contributed by atoms with Crippen LogP contribution in [0.3, 0.4) is 0 Å². The molecule has 0 bridgehead atoms. The maximum Gasteiger partial charge on any atom is 0.332 e. The van der Waals surface area contributed by atoms with Gasteiger partial charge in [0.25, 0.3) is 5.56 Å². The van der Waals surface area contributed by atoms with Crippen LogP contribution in [0.5, 0.6) is 0 Å². The largest absolute Gasteiger partial charge is 0.374 e. The molecule has 2 N–H and O–H groups in total. The van der Waals surface area contributed by atoms with Crippen molar-refractivity contribution < 1.29 is 0 Å². The molecule has 0 unspecified atom stereocenters. The first kappa shape index (κ1) is 14.8. The fourth-order valence-corrected chi connectivity index (χ4v) is 3.64. The highest BCUT2D eigenvalue weighted by Crippen LogP contribution is 2.25. The zero-order chi connectivity index (χ0) is 16.0. The molecule has 3 rings (SSSR count). The molecular formula is C11H13N7O2S2. The van der Waals surface area contributed by atoms with E-state index in [1.807, 2.05) is 0 Å². The number of hydrogen-bond acceptors (Lipinski definition) is 8. The van der Waals surface area contributed by atoms with Crippen LogP contribution in [0.1, 0.15) is 5.01 Å². The number of thioether (sulfide) groups is 1. The molecule has 0 aromatic carbocycles. The van der Waals surface area contributed by atoms with Gasteiger partial charge in [-0.3, -0.25) is 13.9 Å². The van der Waals surface area contributed by atoms with Gasteiger partial charge in [0, 0.05) is 21.1 Å². The molecule has 0 saturated carbocycles. The number of aromatic nitrogens is 6. The summed E-state index contributed by atoms with van der Waals surface area (Å²) in [4.78, 5) is 28.6. The van der Waals surface area contributed by atoms with Crippen molar-refractivity contribution in [2.75, 3.05) is 5.73 Å². The van der Waals surface area contributed by atoms with Crippen molar-refractivity contribution in [3.05, 3.63) is 25.8 Å². The van der Waals surface area contributed by atoms with Crippen LogP contribution in [0.2, 0.25) is 0 Å². The Bertz CT molecular complexity index is 981. The normalized spacial score (nSPS) is 11.4. The zero-order valence-corrected chi connectivity index (χ0v) is 13.7. The molecule has 9 nitrogen and oxygen atoms in total. The number of aryl methyl sites for hydroxylation is 2. The van der Waals surface area contributed by atoms with Crippen LogP contribution in [0, 0.1) is 0 Å². The van der Waals surface area contributed by atoms with E-state index in [0.29, 0.717) is 27.2 Å². The third-order valence-corrected chi connectivity index (χ3v) is 5.22. The highest BCUT2D eigenvalue weighted by Gasteiger charge is 2.17. The molecule has 22 heavy (non-hydrogen) atoms. The first-order chi connectivity index (χ1) is 10.4. The second-order valence-corrected chi connectivity index (χ2v) is 6.69. The Labute approximate surface area is 132 Å². The summed E-state index contributed by atoms with van der Waals surface area (Å²) in [6.45, 7) is 0. The summed E-state index contributed by atoms with van der Waals surface area (Å²) >= 11 is 2.72. The maximum absolute atomic E-state index is 12.3. The van der Waals surface area contributed by atoms with Crippen LogP contribution in [-0.2, 0) is 26.9 Å². The molecule has 0 spiro atoms. The molecule has 0 saturated heterocycles. The van der Waals surface area contributed by atoms with Gasteiger partial charge in [0.2, 0.25) is 5.13 Å². The first-order valence-electron chi connectivity index (χ1n) is 6.23. The number of nitrogen functional groups attached to an aromatic ring is 1. The van der Waals surface area contributed by atoms with E-state index in [4.69, 9.17) is 5.73 Å². The number of hydrogen-bond donors (Lipinski definition) is 1. The van der Waals surface area contributed by atoms with Gasteiger partial charge in [-0.05, 0) is 0 Å². The lowest BCUT2D eigenvalue weighted by atomic mass is 10.5. The fourth-order valence-electron chi connectivity index (χ4n) is 2.08. The van der Waals surface area contributed by atoms with Gasteiger partial charge in [0.05, 0.1) is 5.75 Å². The summed E-state index contributed by atoms with van der Waals surface area (Å²) in [7, 11) is 4.79. The van der Waals surface area contributed by atoms with Gasteiger partial charge in [-0.2, -0.15) is 0 Å². The minimum atomic E-state index is -0.399. The van der Waals surface area contributed by atoms with E-state index in [-0.39, 0.29) is 5.56 Å². The second kappa shape index (κ2) is 5.25. The zero-order valence-electron chi connectivity index (χ0n) is 12.1. The highest BCUT2D eigenvalue weighted by molar-refractivity contribution is 7.98. The SMILES string of the molecule is Cn1c(=O)c2c(nc(SCc3nnc(N)s3)n2C)n(C)c1=O. The van der Waals surface area contributed by atoms with Crippen LogP contribution in [-0.4, -0.2) is 28.9 Å². The predicted octanol–water partition coefficient (Wildman–Crippen LogP) is -0.303. The molecule has 0 aliphatic carbocycles. The summed E-state index contributed by atoms with van der Waals surface area (Å²) in [6.07, 6.45) is 0. The molecule has 0 atom stereocenters. The number of anilines is 1. The van der Waals surface area contributed by atoms with E-state index in [9.17, 15) is 9.59 Å². The minimum Gasteiger partial charge on any atom is -0.374 e. The molecular weight excluding hydrogens is 326 g/mol. The van der Waals surface area contributed by atoms with Crippen molar-refractivity contribution in [3.63, 3.8) is 0 Å². The monoisotopic (exact) mass is 339 g/mol. The van der Waals surface area contributed by atoms with E-state index in [0.717, 1.165) is 9.57 Å². The van der Waals surface area contributed by atoms with Gasteiger partial charge in [0.15, 0.2) is 16.3 Å². The van der Waals surface area contributed by atoms with E-state index >= 15 is 0 Å². The van der Waals surface area contributed by atoms with Gasteiger partial charge in [-0.1, -0.05) is 23.1 Å². The van der Waals surface area contributed by atoms with Crippen LogP contribution < -0.4 is 17.0 Å². The predicted molar refractivity (Wildman–Crippen MR) is 85.1 cm³/mol. The number of nitrogens with two attached hydrogens (primary N) is 1. The number of nitrogens with zero attached hydrogens (tertiary/aromatic N) is 6. The Morgan fingerprint density at radius 1 is 1.14 bits per heavy atom. The first-order valence-corrected chi connectivity index (χ1v) is 8.03. The smallest absolute Gasteiger partial charge is 0.332 e. The molecule has 0 amide bonds. The average Bonchev–Trinajstić information content (AvgIpc) is 3.04. The van der Waals surface area contributed by atoms with Crippen molar-refractivity contribution in [1.82, 2.24) is 28.9 Å². The Hall–Kier alpha value is -2.14. The molecule has 3 aromatic rings. The quantitative estimate of drug-likeness (QED) is 0.651. The van der Waals surface area contributed by atoms with Crippen molar-refractivity contribution in [2.24, 2.45) is 21.1 Å². The number of imidazole rings is 1. The van der Waals surface area contributed by atoms with Crippen LogP contribution in [0.25, 0.3) is 11.2 Å². The number of rotatable bonds is 3. The lowest BCUT2D eigenvalue weighted by Crippen LogP contribution is -2.37. The third-order valence-electron chi connectivity index (χ3n) is 3.24. The van der Waals surface area contributed by atoms with Crippen molar-refractivity contribution >= 4 is 39.4 Å². The van der Waals surface area contributed by atoms with Gasteiger partial charge >= 0.3 is 5.69 Å². The summed E-state index contributed by atoms with van der Waals surface area (Å²) in [5.41, 5.74) is 5.55. The van der Waals surface area contributed by atoms with Crippen LogP contribution >= 0.6 is 23.1 Å². The van der Waals surface area contributed by atoms with Gasteiger partial charge in [-0.15, -0.1) is 10.2 Å². The van der Waals surface area contributed by atoms with Gasteiger partial charge < -0.3 is 10.3 Å². The third kappa shape index (κ3) is 2.22. The standard InChI is InChI=1S/C11H13N7O2S2/c1-16-6-7(17(2)11(20)18(3)8(6)19)13-10(16)21-4-5-14-15-9(12)22-5/h4H2,1-3H3,(H2,12,15). The van der Waals surface area contributed by atoms with E-state index < -0.39 is 5.69 Å².